The molecule has 0 radical (unpaired) electrons. The lowest BCUT2D eigenvalue weighted by molar-refractivity contribution is -0.143. The Morgan fingerprint density at radius 1 is 1.00 bits per heavy atom. The minimum Gasteiger partial charge on any atom is -0.393 e. The molecule has 5 rings (SSSR count). The highest BCUT2D eigenvalue weighted by atomic mass is 16.5. The number of rotatable bonds is 2. The summed E-state index contributed by atoms with van der Waals surface area (Å²) < 4.78 is 6.43. The van der Waals surface area contributed by atoms with Crippen LogP contribution in [0.1, 0.15) is 92.4 Å². The zero-order valence-electron chi connectivity index (χ0n) is 20.1. The summed E-state index contributed by atoms with van der Waals surface area (Å²) in [7, 11) is 0. The minimum atomic E-state index is -0.886. The molecular weight excluding hydrogens is 388 g/mol. The first kappa shape index (κ1) is 22.1. The normalized spacial score (nSPS) is 52.2. The summed E-state index contributed by atoms with van der Waals surface area (Å²) in [4.78, 5) is 13.2. The van der Waals surface area contributed by atoms with E-state index in [0.717, 1.165) is 56.9 Å². The summed E-state index contributed by atoms with van der Waals surface area (Å²) in [5, 5.41) is 22.5. The van der Waals surface area contributed by atoms with Crippen LogP contribution in [0.25, 0.3) is 0 Å². The first-order valence-electron chi connectivity index (χ1n) is 12.8. The largest absolute Gasteiger partial charge is 0.393 e. The molecule has 4 heteroatoms. The van der Waals surface area contributed by atoms with Crippen LogP contribution < -0.4 is 0 Å². The van der Waals surface area contributed by atoms with Crippen molar-refractivity contribution in [3.05, 3.63) is 11.6 Å². The van der Waals surface area contributed by atoms with Crippen molar-refractivity contribution in [3.63, 3.8) is 0 Å². The summed E-state index contributed by atoms with van der Waals surface area (Å²) in [5.74, 6) is 1.12. The number of aliphatic hydroxyl groups excluding tert-OH is 1. The van der Waals surface area contributed by atoms with E-state index in [-0.39, 0.29) is 46.3 Å². The van der Waals surface area contributed by atoms with Gasteiger partial charge in [0.2, 0.25) is 0 Å². The Balaban J connectivity index is 1.47. The summed E-state index contributed by atoms with van der Waals surface area (Å²) in [6.45, 7) is 11.3. The Kier molecular flexibility index (Phi) is 4.92. The third-order valence-electron chi connectivity index (χ3n) is 10.9. The number of ether oxygens (including phenoxy) is 1. The Labute approximate surface area is 187 Å². The highest BCUT2D eigenvalue weighted by Crippen LogP contribution is 2.68. The van der Waals surface area contributed by atoms with E-state index in [0.29, 0.717) is 18.3 Å². The Morgan fingerprint density at radius 2 is 1.74 bits per heavy atom. The van der Waals surface area contributed by atoms with Crippen LogP contribution in [0.15, 0.2) is 11.6 Å². The van der Waals surface area contributed by atoms with E-state index >= 15 is 0 Å². The van der Waals surface area contributed by atoms with Gasteiger partial charge in [-0.1, -0.05) is 20.8 Å². The van der Waals surface area contributed by atoms with Crippen LogP contribution in [-0.4, -0.2) is 39.4 Å². The molecule has 4 nitrogen and oxygen atoms in total. The number of carbonyl (C=O) groups is 1. The molecule has 5 aliphatic rings. The number of aliphatic hydroxyl groups is 2. The average molecular weight is 431 g/mol. The monoisotopic (exact) mass is 430 g/mol. The van der Waals surface area contributed by atoms with Crippen molar-refractivity contribution >= 4 is 5.78 Å². The topological polar surface area (TPSA) is 66.8 Å². The maximum absolute atomic E-state index is 13.2. The van der Waals surface area contributed by atoms with Gasteiger partial charge in [-0.15, -0.1) is 0 Å². The molecule has 2 N–H and O–H groups in total. The number of carbonyl (C=O) groups excluding carboxylic acids is 1. The molecule has 0 aromatic heterocycles. The lowest BCUT2D eigenvalue weighted by atomic mass is 9.46. The molecule has 0 spiro atoms. The van der Waals surface area contributed by atoms with Crippen LogP contribution in [0.3, 0.4) is 0 Å². The van der Waals surface area contributed by atoms with Crippen molar-refractivity contribution in [2.75, 3.05) is 0 Å². The highest BCUT2D eigenvalue weighted by Gasteiger charge is 2.66. The zero-order valence-corrected chi connectivity index (χ0v) is 20.1. The molecule has 31 heavy (non-hydrogen) atoms. The van der Waals surface area contributed by atoms with Gasteiger partial charge in [-0.05, 0) is 106 Å². The van der Waals surface area contributed by atoms with Crippen molar-refractivity contribution in [1.82, 2.24) is 0 Å². The second-order valence-corrected chi connectivity index (χ2v) is 12.8. The van der Waals surface area contributed by atoms with Crippen molar-refractivity contribution in [2.45, 2.75) is 116 Å². The quantitative estimate of drug-likeness (QED) is 0.659. The van der Waals surface area contributed by atoms with E-state index in [1.165, 1.54) is 0 Å². The maximum atomic E-state index is 13.2. The van der Waals surface area contributed by atoms with E-state index in [9.17, 15) is 15.0 Å². The van der Waals surface area contributed by atoms with Crippen LogP contribution in [-0.2, 0) is 9.53 Å². The molecule has 1 aliphatic heterocycles. The van der Waals surface area contributed by atoms with Gasteiger partial charge in [0.05, 0.1) is 23.4 Å². The van der Waals surface area contributed by atoms with E-state index in [4.69, 9.17) is 4.74 Å². The number of hydrogen-bond acceptors (Lipinski definition) is 4. The van der Waals surface area contributed by atoms with Crippen molar-refractivity contribution in [3.8, 4) is 0 Å². The predicted octanol–water partition coefficient (Wildman–Crippen LogP) is 4.81. The summed E-state index contributed by atoms with van der Waals surface area (Å²) in [5.41, 5.74) is -0.228. The van der Waals surface area contributed by atoms with Crippen LogP contribution in [0.4, 0.5) is 0 Å². The van der Waals surface area contributed by atoms with Crippen LogP contribution in [0.5, 0.6) is 0 Å². The fourth-order valence-corrected chi connectivity index (χ4v) is 8.85. The summed E-state index contributed by atoms with van der Waals surface area (Å²) in [6, 6.07) is 0. The van der Waals surface area contributed by atoms with Gasteiger partial charge in [0.15, 0.2) is 5.78 Å². The smallest absolute Gasteiger partial charge is 0.159 e. The lowest BCUT2D eigenvalue weighted by Gasteiger charge is -2.59. The van der Waals surface area contributed by atoms with Gasteiger partial charge in [0.25, 0.3) is 0 Å². The second kappa shape index (κ2) is 6.90. The van der Waals surface area contributed by atoms with Crippen molar-refractivity contribution in [2.24, 2.45) is 34.5 Å². The molecular formula is C27H42O4. The van der Waals surface area contributed by atoms with Gasteiger partial charge >= 0.3 is 0 Å². The molecule has 0 aromatic rings. The standard InChI is InChI=1S/C27H42O4/c1-16(23-9-10-24(2,3)31-23)18-8-13-27(30)20-15-22(29)21-14-17(28)6-11-25(21,4)19(20)7-12-26(18,27)5/h15-19,21,23,28,30H,6-14H2,1-5H3/t16-,17-,18+,19-,21-,23+,25+,26+,27+/m0/s1. The first-order chi connectivity index (χ1) is 14.4. The molecule has 174 valence electrons. The molecule has 1 heterocycles. The van der Waals surface area contributed by atoms with Gasteiger partial charge < -0.3 is 14.9 Å². The Hall–Kier alpha value is -0.710. The Morgan fingerprint density at radius 3 is 2.42 bits per heavy atom. The highest BCUT2D eigenvalue weighted by molar-refractivity contribution is 5.95. The first-order valence-corrected chi connectivity index (χ1v) is 12.8. The molecule has 0 unspecified atom stereocenters. The van der Waals surface area contributed by atoms with E-state index < -0.39 is 5.60 Å². The number of hydrogen-bond donors (Lipinski definition) is 2. The number of fused-ring (bicyclic) bond motifs is 5. The summed E-state index contributed by atoms with van der Waals surface area (Å²) in [6.07, 6.45) is 9.99. The van der Waals surface area contributed by atoms with Gasteiger partial charge in [-0.2, -0.15) is 0 Å². The average Bonchev–Trinajstić information content (AvgIpc) is 3.20. The molecule has 4 aliphatic carbocycles. The minimum absolute atomic E-state index is 0.0418. The van der Waals surface area contributed by atoms with E-state index in [1.807, 2.05) is 6.08 Å². The van der Waals surface area contributed by atoms with Crippen molar-refractivity contribution in [1.29, 1.82) is 0 Å². The molecule has 0 amide bonds. The zero-order chi connectivity index (χ0) is 22.4. The number of allylic oxidation sites excluding steroid dienone is 1. The van der Waals surface area contributed by atoms with Crippen molar-refractivity contribution < 1.29 is 19.7 Å². The third-order valence-corrected chi connectivity index (χ3v) is 10.9. The Bertz CT molecular complexity index is 801. The van der Waals surface area contributed by atoms with Gasteiger partial charge in [-0.25, -0.2) is 0 Å². The SMILES string of the molecule is C[C@@H]([C@H]1CC[C@@]2(O)C3=CC(=O)[C@@H]4C[C@@H](O)CC[C@]4(C)[C@H]3CC[C@]12C)[C@H]1CCC(C)(C)O1. The van der Waals surface area contributed by atoms with E-state index in [2.05, 4.69) is 34.6 Å². The number of ketones is 1. The van der Waals surface area contributed by atoms with Gasteiger partial charge in [0.1, 0.15) is 0 Å². The van der Waals surface area contributed by atoms with Gasteiger partial charge in [0, 0.05) is 11.3 Å². The fraction of sp³-hybridized carbons (Fsp3) is 0.889. The van der Waals surface area contributed by atoms with E-state index in [1.54, 1.807) is 0 Å². The van der Waals surface area contributed by atoms with Crippen LogP contribution >= 0.6 is 0 Å². The molecule has 0 aromatic carbocycles. The van der Waals surface area contributed by atoms with Crippen LogP contribution in [0.2, 0.25) is 0 Å². The summed E-state index contributed by atoms with van der Waals surface area (Å²) >= 11 is 0. The van der Waals surface area contributed by atoms with Gasteiger partial charge in [-0.3, -0.25) is 4.79 Å². The fourth-order valence-electron chi connectivity index (χ4n) is 8.85. The molecule has 1 saturated heterocycles. The molecule has 0 bridgehead atoms. The lowest BCUT2D eigenvalue weighted by Crippen LogP contribution is -2.59. The molecule has 3 saturated carbocycles. The predicted molar refractivity (Wildman–Crippen MR) is 120 cm³/mol. The van der Waals surface area contributed by atoms with Crippen LogP contribution in [0, 0.1) is 34.5 Å². The molecule has 9 atom stereocenters. The second-order valence-electron chi connectivity index (χ2n) is 12.8. The third kappa shape index (κ3) is 3.00. The molecule has 4 fully saturated rings. The maximum Gasteiger partial charge on any atom is 0.159 e.